The summed E-state index contributed by atoms with van der Waals surface area (Å²) in [5.74, 6) is 0.301. The van der Waals surface area contributed by atoms with Crippen LogP contribution in [0.3, 0.4) is 0 Å². The molecule has 1 saturated heterocycles. The number of thiazole rings is 1. The summed E-state index contributed by atoms with van der Waals surface area (Å²) >= 11 is 1.59. The summed E-state index contributed by atoms with van der Waals surface area (Å²) in [5.41, 5.74) is 0. The molecule has 5 heteroatoms. The Labute approximate surface area is 93.1 Å². The first kappa shape index (κ1) is 10.6. The zero-order valence-corrected chi connectivity index (χ0v) is 9.51. The van der Waals surface area contributed by atoms with Crippen LogP contribution in [0.15, 0.2) is 11.6 Å². The molecule has 0 bridgehead atoms. The summed E-state index contributed by atoms with van der Waals surface area (Å²) in [6.45, 7) is 3.67. The van der Waals surface area contributed by atoms with E-state index in [1.165, 1.54) is 0 Å². The molecule has 0 aliphatic carbocycles. The van der Waals surface area contributed by atoms with Crippen molar-refractivity contribution in [2.75, 3.05) is 13.1 Å². The second kappa shape index (κ2) is 4.72. The molecule has 1 aromatic rings. The van der Waals surface area contributed by atoms with Crippen LogP contribution in [0.4, 0.5) is 0 Å². The van der Waals surface area contributed by atoms with E-state index in [1.807, 2.05) is 5.38 Å². The zero-order chi connectivity index (χ0) is 10.7. The maximum atomic E-state index is 11.7. The van der Waals surface area contributed by atoms with Crippen LogP contribution in [0.1, 0.15) is 24.4 Å². The number of rotatable bonds is 4. The summed E-state index contributed by atoms with van der Waals surface area (Å²) in [6.07, 6.45) is 2.67. The molecule has 1 fully saturated rings. The van der Waals surface area contributed by atoms with Crippen molar-refractivity contribution in [2.45, 2.75) is 19.4 Å². The van der Waals surface area contributed by atoms with E-state index in [9.17, 15) is 4.79 Å². The van der Waals surface area contributed by atoms with Gasteiger partial charge in [-0.3, -0.25) is 4.79 Å². The summed E-state index contributed by atoms with van der Waals surface area (Å²) in [4.78, 5) is 15.9. The van der Waals surface area contributed by atoms with Crippen LogP contribution in [0, 0.1) is 5.92 Å². The van der Waals surface area contributed by atoms with Gasteiger partial charge in [-0.1, -0.05) is 6.92 Å². The molecule has 1 aromatic heterocycles. The van der Waals surface area contributed by atoms with Crippen molar-refractivity contribution < 1.29 is 4.79 Å². The molecule has 1 atom stereocenters. The van der Waals surface area contributed by atoms with Gasteiger partial charge in [-0.05, 0) is 6.42 Å². The Kier molecular flexibility index (Phi) is 3.33. The fourth-order valence-electron chi connectivity index (χ4n) is 1.51. The topological polar surface area (TPSA) is 54.0 Å². The number of hydrogen-bond donors (Lipinski definition) is 2. The number of amides is 1. The molecule has 1 unspecified atom stereocenters. The fraction of sp³-hybridized carbons (Fsp3) is 0.600. The highest BCUT2D eigenvalue weighted by Gasteiger charge is 2.27. The molecule has 2 rings (SSSR count). The second-order valence-corrected chi connectivity index (χ2v) is 4.62. The number of carbonyl (C=O) groups is 1. The van der Waals surface area contributed by atoms with Gasteiger partial charge < -0.3 is 10.6 Å². The number of nitrogens with zero attached hydrogens (tertiary/aromatic N) is 1. The summed E-state index contributed by atoms with van der Waals surface area (Å²) in [7, 11) is 0. The molecule has 1 aliphatic heterocycles. The number of hydrogen-bond acceptors (Lipinski definition) is 4. The molecule has 82 valence electrons. The van der Waals surface area contributed by atoms with Crippen molar-refractivity contribution in [3.05, 3.63) is 16.6 Å². The lowest BCUT2D eigenvalue weighted by Crippen LogP contribution is -2.51. The second-order valence-electron chi connectivity index (χ2n) is 3.69. The van der Waals surface area contributed by atoms with E-state index in [1.54, 1.807) is 17.5 Å². The Morgan fingerprint density at radius 2 is 2.60 bits per heavy atom. The highest BCUT2D eigenvalue weighted by atomic mass is 32.1. The maximum Gasteiger partial charge on any atom is 0.226 e. The predicted molar refractivity (Wildman–Crippen MR) is 59.6 cm³/mol. The van der Waals surface area contributed by atoms with Crippen LogP contribution >= 0.6 is 11.3 Å². The van der Waals surface area contributed by atoms with E-state index in [0.717, 1.165) is 24.5 Å². The van der Waals surface area contributed by atoms with Crippen molar-refractivity contribution in [1.29, 1.82) is 0 Å². The lowest BCUT2D eigenvalue weighted by molar-refractivity contribution is -0.127. The highest BCUT2D eigenvalue weighted by molar-refractivity contribution is 7.09. The third-order valence-corrected chi connectivity index (χ3v) is 3.52. The first-order valence-corrected chi connectivity index (χ1v) is 6.09. The van der Waals surface area contributed by atoms with Gasteiger partial charge in [0.15, 0.2) is 0 Å². The van der Waals surface area contributed by atoms with Gasteiger partial charge in [-0.25, -0.2) is 4.98 Å². The minimum absolute atomic E-state index is 0.0816. The van der Waals surface area contributed by atoms with E-state index in [-0.39, 0.29) is 17.9 Å². The lowest BCUT2D eigenvalue weighted by Gasteiger charge is -2.27. The third kappa shape index (κ3) is 2.35. The molecule has 0 saturated carbocycles. The first-order valence-electron chi connectivity index (χ1n) is 5.21. The Morgan fingerprint density at radius 1 is 1.80 bits per heavy atom. The monoisotopic (exact) mass is 225 g/mol. The highest BCUT2D eigenvalue weighted by Crippen LogP contribution is 2.19. The third-order valence-electron chi connectivity index (χ3n) is 2.63. The summed E-state index contributed by atoms with van der Waals surface area (Å²) in [6, 6.07) is 0.0816. The molecular formula is C10H15N3OS. The standard InChI is InChI=1S/C10H15N3OS/c1-2-8(10-12-3-4-15-10)13-9(14)7-5-11-6-7/h3-4,7-8,11H,2,5-6H2,1H3,(H,13,14). The van der Waals surface area contributed by atoms with Crippen molar-refractivity contribution in [2.24, 2.45) is 5.92 Å². The largest absolute Gasteiger partial charge is 0.347 e. The first-order chi connectivity index (χ1) is 7.31. The fourth-order valence-corrected chi connectivity index (χ4v) is 2.28. The molecule has 15 heavy (non-hydrogen) atoms. The van der Waals surface area contributed by atoms with Gasteiger partial charge in [0, 0.05) is 24.7 Å². The van der Waals surface area contributed by atoms with E-state index in [4.69, 9.17) is 0 Å². The lowest BCUT2D eigenvalue weighted by atomic mass is 10.0. The molecule has 2 heterocycles. The summed E-state index contributed by atoms with van der Waals surface area (Å²) in [5, 5.41) is 9.07. The number of carbonyl (C=O) groups excluding carboxylic acids is 1. The van der Waals surface area contributed by atoms with Crippen LogP contribution in [0.2, 0.25) is 0 Å². The van der Waals surface area contributed by atoms with Crippen molar-refractivity contribution >= 4 is 17.2 Å². The van der Waals surface area contributed by atoms with Gasteiger partial charge in [0.25, 0.3) is 0 Å². The maximum absolute atomic E-state index is 11.7. The molecule has 2 N–H and O–H groups in total. The Hall–Kier alpha value is -0.940. The van der Waals surface area contributed by atoms with Gasteiger partial charge in [0.2, 0.25) is 5.91 Å². The average Bonchev–Trinajstić information content (AvgIpc) is 2.63. The molecular weight excluding hydrogens is 210 g/mol. The predicted octanol–water partition coefficient (Wildman–Crippen LogP) is 0.930. The van der Waals surface area contributed by atoms with E-state index >= 15 is 0 Å². The normalized spacial score (nSPS) is 18.2. The zero-order valence-electron chi connectivity index (χ0n) is 8.69. The van der Waals surface area contributed by atoms with E-state index < -0.39 is 0 Å². The van der Waals surface area contributed by atoms with Gasteiger partial charge in [0.05, 0.1) is 12.0 Å². The van der Waals surface area contributed by atoms with Crippen molar-refractivity contribution in [3.8, 4) is 0 Å². The van der Waals surface area contributed by atoms with Crippen molar-refractivity contribution in [1.82, 2.24) is 15.6 Å². The quantitative estimate of drug-likeness (QED) is 0.801. The van der Waals surface area contributed by atoms with Gasteiger partial charge >= 0.3 is 0 Å². The summed E-state index contributed by atoms with van der Waals surface area (Å²) < 4.78 is 0. The van der Waals surface area contributed by atoms with Crippen LogP contribution in [0.5, 0.6) is 0 Å². The van der Waals surface area contributed by atoms with Crippen LogP contribution in [-0.2, 0) is 4.79 Å². The molecule has 4 nitrogen and oxygen atoms in total. The van der Waals surface area contributed by atoms with Gasteiger partial charge in [-0.2, -0.15) is 0 Å². The molecule has 0 spiro atoms. The molecule has 0 aromatic carbocycles. The SMILES string of the molecule is CCC(NC(=O)C1CNC1)c1nccs1. The number of nitrogens with one attached hydrogen (secondary N) is 2. The average molecular weight is 225 g/mol. The Bertz CT molecular complexity index is 321. The van der Waals surface area contributed by atoms with Gasteiger partial charge in [-0.15, -0.1) is 11.3 Å². The number of aromatic nitrogens is 1. The van der Waals surface area contributed by atoms with Crippen molar-refractivity contribution in [3.63, 3.8) is 0 Å². The van der Waals surface area contributed by atoms with E-state index in [0.29, 0.717) is 0 Å². The smallest absolute Gasteiger partial charge is 0.226 e. The minimum atomic E-state index is 0.0816. The molecule has 1 amide bonds. The van der Waals surface area contributed by atoms with Gasteiger partial charge in [0.1, 0.15) is 5.01 Å². The van der Waals surface area contributed by atoms with E-state index in [2.05, 4.69) is 22.5 Å². The minimum Gasteiger partial charge on any atom is -0.347 e. The van der Waals surface area contributed by atoms with Crippen LogP contribution in [0.25, 0.3) is 0 Å². The Morgan fingerprint density at radius 3 is 3.07 bits per heavy atom. The Balaban J connectivity index is 1.93. The van der Waals surface area contributed by atoms with Crippen LogP contribution < -0.4 is 10.6 Å². The van der Waals surface area contributed by atoms with Crippen LogP contribution in [-0.4, -0.2) is 24.0 Å². The molecule has 1 aliphatic rings. The molecule has 0 radical (unpaired) electrons.